The van der Waals surface area contributed by atoms with Crippen molar-refractivity contribution >= 4 is 41.0 Å². The lowest BCUT2D eigenvalue weighted by atomic mass is 10.2. The molecule has 0 fully saturated rings. The molecule has 0 aromatic heterocycles. The van der Waals surface area contributed by atoms with Crippen LogP contribution in [0.5, 0.6) is 5.75 Å². The SMILES string of the molecule is O=C(N/N=C/c1cc(Cl)c(O)c(Cl)c1)c1ccc([N+](=O)[O-])cc1. The number of nitro benzene ring substituents is 1. The fraction of sp³-hybridized carbons (Fsp3) is 0. The molecule has 7 nitrogen and oxygen atoms in total. The molecule has 0 aliphatic carbocycles. The highest BCUT2D eigenvalue weighted by Crippen LogP contribution is 2.32. The van der Waals surface area contributed by atoms with Gasteiger partial charge in [0.15, 0.2) is 5.75 Å². The van der Waals surface area contributed by atoms with E-state index in [9.17, 15) is 20.0 Å². The Morgan fingerprint density at radius 1 is 1.22 bits per heavy atom. The van der Waals surface area contributed by atoms with E-state index < -0.39 is 10.8 Å². The summed E-state index contributed by atoms with van der Waals surface area (Å²) in [7, 11) is 0. The number of benzene rings is 2. The van der Waals surface area contributed by atoms with Gasteiger partial charge in [0, 0.05) is 17.7 Å². The quantitative estimate of drug-likeness (QED) is 0.499. The zero-order valence-corrected chi connectivity index (χ0v) is 12.9. The maximum Gasteiger partial charge on any atom is 0.271 e. The Kier molecular flexibility index (Phi) is 5.15. The average molecular weight is 354 g/mol. The smallest absolute Gasteiger partial charge is 0.271 e. The van der Waals surface area contributed by atoms with Crippen molar-refractivity contribution in [2.45, 2.75) is 0 Å². The lowest BCUT2D eigenvalue weighted by molar-refractivity contribution is -0.384. The van der Waals surface area contributed by atoms with Crippen LogP contribution in [0.4, 0.5) is 5.69 Å². The van der Waals surface area contributed by atoms with Crippen molar-refractivity contribution in [3.05, 3.63) is 67.7 Å². The Labute approximate surface area is 140 Å². The largest absolute Gasteiger partial charge is 0.505 e. The molecular formula is C14H9Cl2N3O4. The third kappa shape index (κ3) is 4.18. The maximum atomic E-state index is 11.8. The molecule has 0 bridgehead atoms. The summed E-state index contributed by atoms with van der Waals surface area (Å²) in [6.45, 7) is 0. The summed E-state index contributed by atoms with van der Waals surface area (Å²) < 4.78 is 0. The molecule has 0 atom stereocenters. The number of halogens is 2. The number of hydrogen-bond acceptors (Lipinski definition) is 5. The van der Waals surface area contributed by atoms with E-state index >= 15 is 0 Å². The lowest BCUT2D eigenvalue weighted by Crippen LogP contribution is -2.17. The highest BCUT2D eigenvalue weighted by molar-refractivity contribution is 6.37. The monoisotopic (exact) mass is 353 g/mol. The standard InChI is InChI=1S/C14H9Cl2N3O4/c15-11-5-8(6-12(16)13(11)20)7-17-18-14(21)9-1-3-10(4-2-9)19(22)23/h1-7,20H,(H,18,21)/b17-7+. The summed E-state index contributed by atoms with van der Waals surface area (Å²) >= 11 is 11.5. The Bertz CT molecular complexity index is 768. The highest BCUT2D eigenvalue weighted by atomic mass is 35.5. The van der Waals surface area contributed by atoms with Crippen LogP contribution in [0.2, 0.25) is 10.0 Å². The Hall–Kier alpha value is -2.64. The predicted molar refractivity (Wildman–Crippen MR) is 86.3 cm³/mol. The minimum Gasteiger partial charge on any atom is -0.505 e. The van der Waals surface area contributed by atoms with E-state index in [1.807, 2.05) is 0 Å². The summed E-state index contributed by atoms with van der Waals surface area (Å²) in [5, 5.41) is 23.8. The zero-order chi connectivity index (χ0) is 17.0. The molecule has 0 saturated carbocycles. The van der Waals surface area contributed by atoms with E-state index in [2.05, 4.69) is 10.5 Å². The van der Waals surface area contributed by atoms with Crippen LogP contribution in [-0.2, 0) is 0 Å². The average Bonchev–Trinajstić information content (AvgIpc) is 2.52. The number of amides is 1. The number of nitro groups is 1. The van der Waals surface area contributed by atoms with Crippen molar-refractivity contribution in [1.82, 2.24) is 5.43 Å². The van der Waals surface area contributed by atoms with Crippen molar-refractivity contribution in [3.63, 3.8) is 0 Å². The molecule has 2 aromatic rings. The van der Waals surface area contributed by atoms with E-state index in [0.717, 1.165) is 0 Å². The highest BCUT2D eigenvalue weighted by Gasteiger charge is 2.09. The van der Waals surface area contributed by atoms with Gasteiger partial charge >= 0.3 is 0 Å². The number of nitrogens with one attached hydrogen (secondary N) is 1. The second-order valence-corrected chi connectivity index (χ2v) is 5.15. The van der Waals surface area contributed by atoms with Crippen LogP contribution in [0.25, 0.3) is 0 Å². The number of phenolic OH excluding ortho intramolecular Hbond substituents is 1. The van der Waals surface area contributed by atoms with Gasteiger partial charge in [0.1, 0.15) is 0 Å². The van der Waals surface area contributed by atoms with Gasteiger partial charge in [-0.3, -0.25) is 14.9 Å². The molecule has 0 radical (unpaired) electrons. The summed E-state index contributed by atoms with van der Waals surface area (Å²) in [5.41, 5.74) is 2.84. The summed E-state index contributed by atoms with van der Waals surface area (Å²) in [5.74, 6) is -0.771. The number of rotatable bonds is 4. The van der Waals surface area contributed by atoms with Crippen LogP contribution in [0.3, 0.4) is 0 Å². The van der Waals surface area contributed by atoms with E-state index in [4.69, 9.17) is 23.2 Å². The normalized spacial score (nSPS) is 10.7. The van der Waals surface area contributed by atoms with Crippen LogP contribution < -0.4 is 5.43 Å². The van der Waals surface area contributed by atoms with Gasteiger partial charge < -0.3 is 5.11 Å². The van der Waals surface area contributed by atoms with E-state index in [0.29, 0.717) is 5.56 Å². The number of hydrogen-bond donors (Lipinski definition) is 2. The molecule has 0 heterocycles. The molecule has 2 N–H and O–H groups in total. The first-order chi connectivity index (χ1) is 10.9. The summed E-state index contributed by atoms with van der Waals surface area (Å²) in [6, 6.07) is 7.92. The zero-order valence-electron chi connectivity index (χ0n) is 11.4. The molecule has 0 unspecified atom stereocenters. The van der Waals surface area contributed by atoms with Gasteiger partial charge in [-0.15, -0.1) is 0 Å². The minimum atomic E-state index is -0.557. The third-order valence-electron chi connectivity index (χ3n) is 2.76. The number of carbonyl (C=O) groups is 1. The van der Waals surface area contributed by atoms with Crippen molar-refractivity contribution in [3.8, 4) is 5.75 Å². The van der Waals surface area contributed by atoms with Gasteiger partial charge in [-0.2, -0.15) is 5.10 Å². The van der Waals surface area contributed by atoms with Crippen molar-refractivity contribution in [1.29, 1.82) is 0 Å². The van der Waals surface area contributed by atoms with Crippen LogP contribution in [0, 0.1) is 10.1 Å². The van der Waals surface area contributed by atoms with Crippen molar-refractivity contribution in [2.24, 2.45) is 5.10 Å². The number of carbonyl (C=O) groups excluding carboxylic acids is 1. The Morgan fingerprint density at radius 2 is 1.78 bits per heavy atom. The van der Waals surface area contributed by atoms with E-state index in [1.54, 1.807) is 0 Å². The summed E-state index contributed by atoms with van der Waals surface area (Å²) in [6.07, 6.45) is 1.29. The molecule has 118 valence electrons. The molecule has 0 saturated heterocycles. The first-order valence-electron chi connectivity index (χ1n) is 6.14. The van der Waals surface area contributed by atoms with Gasteiger partial charge in [0.2, 0.25) is 0 Å². The molecule has 2 rings (SSSR count). The van der Waals surface area contributed by atoms with Crippen LogP contribution >= 0.6 is 23.2 Å². The van der Waals surface area contributed by atoms with Gasteiger partial charge in [-0.1, -0.05) is 23.2 Å². The number of phenols is 1. The number of aromatic hydroxyl groups is 1. The van der Waals surface area contributed by atoms with Gasteiger partial charge in [-0.25, -0.2) is 5.43 Å². The number of hydrazone groups is 1. The fourth-order valence-corrected chi connectivity index (χ4v) is 2.13. The Morgan fingerprint density at radius 3 is 2.30 bits per heavy atom. The van der Waals surface area contributed by atoms with Gasteiger partial charge in [0.25, 0.3) is 11.6 Å². The fourth-order valence-electron chi connectivity index (χ4n) is 1.62. The van der Waals surface area contributed by atoms with Gasteiger partial charge in [-0.05, 0) is 29.8 Å². The molecule has 9 heteroatoms. The van der Waals surface area contributed by atoms with E-state index in [-0.39, 0.29) is 27.0 Å². The third-order valence-corrected chi connectivity index (χ3v) is 3.34. The molecule has 23 heavy (non-hydrogen) atoms. The molecule has 0 spiro atoms. The van der Waals surface area contributed by atoms with Crippen molar-refractivity contribution in [2.75, 3.05) is 0 Å². The topological polar surface area (TPSA) is 105 Å². The first-order valence-corrected chi connectivity index (χ1v) is 6.90. The summed E-state index contributed by atoms with van der Waals surface area (Å²) in [4.78, 5) is 21.8. The lowest BCUT2D eigenvalue weighted by Gasteiger charge is -2.02. The molecular weight excluding hydrogens is 345 g/mol. The maximum absolute atomic E-state index is 11.8. The van der Waals surface area contributed by atoms with Crippen LogP contribution in [-0.4, -0.2) is 22.2 Å². The predicted octanol–water partition coefficient (Wildman–Crippen LogP) is 3.37. The van der Waals surface area contributed by atoms with Gasteiger partial charge in [0.05, 0.1) is 21.2 Å². The number of nitrogens with zero attached hydrogens (tertiary/aromatic N) is 2. The molecule has 1 amide bonds. The number of non-ortho nitro benzene ring substituents is 1. The van der Waals surface area contributed by atoms with Crippen molar-refractivity contribution < 1.29 is 14.8 Å². The van der Waals surface area contributed by atoms with E-state index in [1.165, 1.54) is 42.6 Å². The Balaban J connectivity index is 2.05. The molecule has 0 aliphatic heterocycles. The van der Waals surface area contributed by atoms with Crippen LogP contribution in [0.1, 0.15) is 15.9 Å². The van der Waals surface area contributed by atoms with Crippen LogP contribution in [0.15, 0.2) is 41.5 Å². The molecule has 2 aromatic carbocycles. The second kappa shape index (κ2) is 7.08. The minimum absolute atomic E-state index is 0.0562. The molecule has 0 aliphatic rings. The first kappa shape index (κ1) is 16.7. The second-order valence-electron chi connectivity index (χ2n) is 4.34.